The van der Waals surface area contributed by atoms with Gasteiger partial charge in [0.25, 0.3) is 0 Å². The summed E-state index contributed by atoms with van der Waals surface area (Å²) in [4.78, 5) is 0. The summed E-state index contributed by atoms with van der Waals surface area (Å²) >= 11 is 0. The van der Waals surface area contributed by atoms with Gasteiger partial charge in [0.05, 0.1) is 6.61 Å². The second kappa shape index (κ2) is 9.42. The Kier molecular flexibility index (Phi) is 6.68. The first-order chi connectivity index (χ1) is 12.3. The summed E-state index contributed by atoms with van der Waals surface area (Å²) in [5.41, 5.74) is 2.18. The molecule has 2 aromatic rings. The van der Waals surface area contributed by atoms with Gasteiger partial charge in [0, 0.05) is 30.6 Å². The van der Waals surface area contributed by atoms with Gasteiger partial charge in [-0.2, -0.15) is 0 Å². The number of aliphatic hydroxyl groups is 1. The third-order valence-electron chi connectivity index (χ3n) is 4.17. The minimum atomic E-state index is -0.889. The first kappa shape index (κ1) is 17.7. The summed E-state index contributed by atoms with van der Waals surface area (Å²) in [7, 11) is 0. The van der Waals surface area contributed by atoms with Crippen molar-refractivity contribution in [2.75, 3.05) is 19.7 Å². The molecule has 0 fully saturated rings. The number of hydrogen-bond donors (Lipinski definition) is 3. The number of para-hydroxylation sites is 2. The number of rotatable bonds is 0. The average molecular weight is 342 g/mol. The summed E-state index contributed by atoms with van der Waals surface area (Å²) in [5.74, 6) is 1.57. The Bertz CT molecular complexity index is 663. The van der Waals surface area contributed by atoms with Crippen LogP contribution in [-0.2, 0) is 13.1 Å². The molecule has 0 spiro atoms. The lowest BCUT2D eigenvalue weighted by atomic mass is 10.2. The van der Waals surface area contributed by atoms with Gasteiger partial charge in [-0.25, -0.2) is 0 Å². The topological polar surface area (TPSA) is 62.8 Å². The van der Waals surface area contributed by atoms with Crippen LogP contribution in [0.25, 0.3) is 0 Å². The van der Waals surface area contributed by atoms with Gasteiger partial charge in [-0.3, -0.25) is 0 Å². The Labute approximate surface area is 149 Å². The number of hydrogen-bond acceptors (Lipinski definition) is 5. The fourth-order valence-corrected chi connectivity index (χ4v) is 2.82. The lowest BCUT2D eigenvalue weighted by Gasteiger charge is -2.18. The molecular formula is C20H26N2O3. The highest BCUT2D eigenvalue weighted by atomic mass is 16.6. The largest absolute Gasteiger partial charge is 0.493 e. The second-order valence-corrected chi connectivity index (χ2v) is 6.13. The van der Waals surface area contributed by atoms with Crippen molar-refractivity contribution in [1.29, 1.82) is 0 Å². The van der Waals surface area contributed by atoms with Crippen LogP contribution in [0.5, 0.6) is 11.5 Å². The smallest absolute Gasteiger partial charge is 0.200 e. The molecule has 5 nitrogen and oxygen atoms in total. The molecule has 3 rings (SSSR count). The summed E-state index contributed by atoms with van der Waals surface area (Å²) in [6.45, 7) is 3.76. The van der Waals surface area contributed by atoms with Crippen molar-refractivity contribution in [3.05, 3.63) is 59.7 Å². The number of ether oxygens (including phenoxy) is 2. The van der Waals surface area contributed by atoms with E-state index in [0.29, 0.717) is 18.8 Å². The molecule has 1 aliphatic rings. The van der Waals surface area contributed by atoms with Gasteiger partial charge in [0.15, 0.2) is 0 Å². The van der Waals surface area contributed by atoms with E-state index in [2.05, 4.69) is 16.7 Å². The molecule has 1 heterocycles. The minimum absolute atomic E-state index is 0.401. The highest BCUT2D eigenvalue weighted by molar-refractivity contribution is 5.34. The normalized spacial score (nSPS) is 19.8. The zero-order chi connectivity index (χ0) is 17.3. The minimum Gasteiger partial charge on any atom is -0.493 e. The molecule has 1 aliphatic heterocycles. The van der Waals surface area contributed by atoms with Crippen LogP contribution < -0.4 is 20.1 Å². The van der Waals surface area contributed by atoms with Crippen LogP contribution in [0.2, 0.25) is 0 Å². The Morgan fingerprint density at radius 1 is 0.840 bits per heavy atom. The molecule has 0 aliphatic carbocycles. The fourth-order valence-electron chi connectivity index (χ4n) is 2.82. The molecule has 2 aromatic carbocycles. The lowest BCUT2D eigenvalue weighted by Crippen LogP contribution is -2.24. The van der Waals surface area contributed by atoms with Crippen molar-refractivity contribution in [3.8, 4) is 11.5 Å². The van der Waals surface area contributed by atoms with Crippen molar-refractivity contribution in [1.82, 2.24) is 10.6 Å². The first-order valence-corrected chi connectivity index (χ1v) is 8.88. The highest BCUT2D eigenvalue weighted by Gasteiger charge is 2.11. The lowest BCUT2D eigenvalue weighted by molar-refractivity contribution is -0.0314. The van der Waals surface area contributed by atoms with E-state index >= 15 is 0 Å². The molecule has 1 atom stereocenters. The zero-order valence-electron chi connectivity index (χ0n) is 14.4. The van der Waals surface area contributed by atoms with Crippen LogP contribution in [0.15, 0.2) is 48.5 Å². The van der Waals surface area contributed by atoms with Gasteiger partial charge in [-0.15, -0.1) is 0 Å². The zero-order valence-corrected chi connectivity index (χ0v) is 14.4. The van der Waals surface area contributed by atoms with Crippen molar-refractivity contribution in [2.45, 2.75) is 32.2 Å². The quantitative estimate of drug-likeness (QED) is 0.686. The van der Waals surface area contributed by atoms with Gasteiger partial charge < -0.3 is 25.2 Å². The van der Waals surface area contributed by atoms with Crippen LogP contribution in [-0.4, -0.2) is 31.1 Å². The maximum atomic E-state index is 10.2. The predicted molar refractivity (Wildman–Crippen MR) is 97.7 cm³/mol. The Morgan fingerprint density at radius 2 is 1.44 bits per heavy atom. The summed E-state index contributed by atoms with van der Waals surface area (Å²) in [6.07, 6.45) is 0.553. The Hall–Kier alpha value is -2.08. The third-order valence-corrected chi connectivity index (χ3v) is 4.17. The van der Waals surface area contributed by atoms with Crippen LogP contribution >= 0.6 is 0 Å². The van der Waals surface area contributed by atoms with Gasteiger partial charge in [0.1, 0.15) is 11.5 Å². The van der Waals surface area contributed by atoms with Gasteiger partial charge in [-0.1, -0.05) is 36.4 Å². The van der Waals surface area contributed by atoms with Gasteiger partial charge in [-0.05, 0) is 31.6 Å². The maximum absolute atomic E-state index is 10.2. The van der Waals surface area contributed by atoms with E-state index < -0.39 is 6.29 Å². The highest BCUT2D eigenvalue weighted by Crippen LogP contribution is 2.21. The molecule has 0 saturated heterocycles. The standard InChI is InChI=1S/C20H26N2O3/c23-20-10-13-24-18-8-3-1-6-16(18)14-21-11-5-12-22-15-17-7-2-4-9-19(17)25-20/h1-4,6-9,20-23H,5,10-15H2. The summed E-state index contributed by atoms with van der Waals surface area (Å²) in [6, 6.07) is 15.8. The molecule has 0 saturated carbocycles. The van der Waals surface area contributed by atoms with Gasteiger partial charge >= 0.3 is 0 Å². The fraction of sp³-hybridized carbons (Fsp3) is 0.400. The van der Waals surface area contributed by atoms with Crippen LogP contribution in [0, 0.1) is 0 Å². The summed E-state index contributed by atoms with van der Waals surface area (Å²) < 4.78 is 11.6. The molecule has 5 heteroatoms. The number of aliphatic hydroxyl groups excluding tert-OH is 1. The molecule has 134 valence electrons. The number of benzene rings is 2. The van der Waals surface area contributed by atoms with E-state index in [1.807, 2.05) is 42.5 Å². The van der Waals surface area contributed by atoms with Crippen LogP contribution in [0.4, 0.5) is 0 Å². The molecule has 0 aromatic heterocycles. The van der Waals surface area contributed by atoms with Crippen LogP contribution in [0.3, 0.4) is 0 Å². The molecule has 25 heavy (non-hydrogen) atoms. The van der Waals surface area contributed by atoms with Gasteiger partial charge in [0.2, 0.25) is 6.29 Å². The van der Waals surface area contributed by atoms with Crippen molar-refractivity contribution >= 4 is 0 Å². The number of nitrogens with one attached hydrogen (secondary N) is 2. The Balaban J connectivity index is 1.68. The van der Waals surface area contributed by atoms with E-state index in [4.69, 9.17) is 9.47 Å². The van der Waals surface area contributed by atoms with E-state index in [-0.39, 0.29) is 0 Å². The SMILES string of the molecule is OC1CCOc2ccccc2CNCCCNCc2ccccc2O1. The molecule has 3 N–H and O–H groups in total. The van der Waals surface area contributed by atoms with E-state index in [1.165, 1.54) is 0 Å². The predicted octanol–water partition coefficient (Wildman–Crippen LogP) is 2.44. The summed E-state index contributed by atoms with van der Waals surface area (Å²) in [5, 5.41) is 17.1. The van der Waals surface area contributed by atoms with Crippen LogP contribution in [0.1, 0.15) is 24.0 Å². The monoisotopic (exact) mass is 342 g/mol. The van der Waals surface area contributed by atoms with Crippen molar-refractivity contribution in [3.63, 3.8) is 0 Å². The molecule has 0 radical (unpaired) electrons. The van der Waals surface area contributed by atoms with Crippen molar-refractivity contribution < 1.29 is 14.6 Å². The molecule has 0 amide bonds. The Morgan fingerprint density at radius 3 is 2.16 bits per heavy atom. The van der Waals surface area contributed by atoms with E-state index in [9.17, 15) is 5.11 Å². The second-order valence-electron chi connectivity index (χ2n) is 6.13. The molecule has 1 unspecified atom stereocenters. The molecule has 0 bridgehead atoms. The molecular weight excluding hydrogens is 316 g/mol. The third kappa shape index (κ3) is 5.46. The van der Waals surface area contributed by atoms with Crippen molar-refractivity contribution in [2.24, 2.45) is 0 Å². The van der Waals surface area contributed by atoms with E-state index in [1.54, 1.807) is 0 Å². The average Bonchev–Trinajstić information content (AvgIpc) is 2.62. The maximum Gasteiger partial charge on any atom is 0.200 e. The van der Waals surface area contributed by atoms with E-state index in [0.717, 1.165) is 49.5 Å². The first-order valence-electron chi connectivity index (χ1n) is 8.88. The number of fused-ring (bicyclic) bond motifs is 2.